The van der Waals surface area contributed by atoms with Crippen molar-refractivity contribution in [1.29, 1.82) is 0 Å². The number of anilines is 1. The van der Waals surface area contributed by atoms with Crippen molar-refractivity contribution in [3.63, 3.8) is 0 Å². The van der Waals surface area contributed by atoms with Crippen LogP contribution in [-0.2, 0) is 9.47 Å². The molecule has 4 aromatic rings. The second-order valence-corrected chi connectivity index (χ2v) is 17.2. The van der Waals surface area contributed by atoms with E-state index < -0.39 is 11.2 Å². The summed E-state index contributed by atoms with van der Waals surface area (Å²) >= 11 is 18.0. The van der Waals surface area contributed by atoms with Crippen LogP contribution in [0.15, 0.2) is 21.4 Å². The zero-order valence-electron chi connectivity index (χ0n) is 34.1. The van der Waals surface area contributed by atoms with E-state index in [1.807, 2.05) is 62.3 Å². The third-order valence-electron chi connectivity index (χ3n) is 8.68. The number of carbonyl (C=O) groups is 2. The van der Waals surface area contributed by atoms with Gasteiger partial charge in [-0.15, -0.1) is 0 Å². The van der Waals surface area contributed by atoms with Crippen molar-refractivity contribution < 1.29 is 28.1 Å². The number of nitrogens with two attached hydrogens (primary N) is 1. The predicted octanol–water partition coefficient (Wildman–Crippen LogP) is 8.71. The molecule has 0 radical (unpaired) electrons. The van der Waals surface area contributed by atoms with Crippen LogP contribution in [0.3, 0.4) is 0 Å². The summed E-state index contributed by atoms with van der Waals surface area (Å²) in [7, 11) is 0. The average molecular weight is 852 g/mol. The number of alkyl carbamates (subject to hydrolysis) is 2. The molecule has 4 heterocycles. The van der Waals surface area contributed by atoms with Crippen LogP contribution in [0.4, 0.5) is 15.5 Å². The van der Waals surface area contributed by atoms with E-state index >= 15 is 0 Å². The van der Waals surface area contributed by atoms with Crippen molar-refractivity contribution >= 4 is 52.9 Å². The number of nitrogens with one attached hydrogen (secondary N) is 3. The number of rotatable bonds is 6. The van der Waals surface area contributed by atoms with E-state index in [-0.39, 0.29) is 41.6 Å². The lowest BCUT2D eigenvalue weighted by Crippen LogP contribution is -2.38. The van der Waals surface area contributed by atoms with Crippen LogP contribution in [0.1, 0.15) is 103 Å². The first-order valence-electron chi connectivity index (χ1n) is 18.7. The molecule has 312 valence electrons. The minimum Gasteiger partial charge on any atom is -0.444 e. The molecule has 19 heteroatoms. The fourth-order valence-electron chi connectivity index (χ4n) is 6.30. The molecule has 2 aliphatic rings. The number of hydrogen-bond donors (Lipinski definition) is 4. The lowest BCUT2D eigenvalue weighted by molar-refractivity contribution is 0.0493. The molecule has 6 rings (SSSR count). The molecule has 2 aliphatic carbocycles. The Labute approximate surface area is 348 Å². The van der Waals surface area contributed by atoms with Gasteiger partial charge in [0.15, 0.2) is 0 Å². The Bertz CT molecular complexity index is 1960. The summed E-state index contributed by atoms with van der Waals surface area (Å²) in [5, 5.41) is 17.9. The van der Waals surface area contributed by atoms with E-state index in [1.54, 1.807) is 13.1 Å². The average Bonchev–Trinajstić information content (AvgIpc) is 3.87. The third kappa shape index (κ3) is 14.0. The van der Waals surface area contributed by atoms with E-state index in [9.17, 15) is 9.59 Å². The number of nitrogens with zero attached hydrogens (tertiary/aromatic N) is 6. The zero-order chi connectivity index (χ0) is 42.2. The summed E-state index contributed by atoms with van der Waals surface area (Å²) in [5.74, 6) is 1.80. The molecule has 0 saturated heterocycles. The van der Waals surface area contributed by atoms with Gasteiger partial charge in [0.2, 0.25) is 11.2 Å². The molecule has 4 aromatic heterocycles. The summed E-state index contributed by atoms with van der Waals surface area (Å²) in [6, 6.07) is 0.634. The minimum atomic E-state index is -0.508. The Hall–Kier alpha value is -4.25. The summed E-state index contributed by atoms with van der Waals surface area (Å²) in [6.07, 6.45) is 7.64. The molecular formula is C38H53Cl3N10O6. The van der Waals surface area contributed by atoms with Crippen molar-refractivity contribution in [1.82, 2.24) is 40.9 Å². The Kier molecular flexibility index (Phi) is 15.5. The van der Waals surface area contributed by atoms with Gasteiger partial charge < -0.3 is 40.2 Å². The quantitative estimate of drug-likeness (QED) is 0.133. The van der Waals surface area contributed by atoms with E-state index in [2.05, 4.69) is 46.2 Å². The van der Waals surface area contributed by atoms with Crippen LogP contribution >= 0.6 is 34.8 Å². The van der Waals surface area contributed by atoms with Crippen molar-refractivity contribution in [2.75, 3.05) is 5.32 Å². The summed E-state index contributed by atoms with van der Waals surface area (Å²) in [5.41, 5.74) is 8.95. The number of aryl methyl sites for hydroxylation is 4. The van der Waals surface area contributed by atoms with Crippen molar-refractivity contribution in [2.45, 2.75) is 143 Å². The highest BCUT2D eigenvalue weighted by Crippen LogP contribution is 2.33. The van der Waals surface area contributed by atoms with Gasteiger partial charge >= 0.3 is 12.2 Å². The zero-order valence-corrected chi connectivity index (χ0v) is 36.3. The number of aromatic nitrogens is 6. The maximum absolute atomic E-state index is 11.9. The summed E-state index contributed by atoms with van der Waals surface area (Å²) in [6.45, 7) is 18.4. The molecule has 4 atom stereocenters. The number of ether oxygens (including phenoxy) is 2. The summed E-state index contributed by atoms with van der Waals surface area (Å²) in [4.78, 5) is 40.0. The van der Waals surface area contributed by atoms with Gasteiger partial charge in [-0.1, -0.05) is 33.5 Å². The fraction of sp³-hybridized carbons (Fsp3) is 0.579. The van der Waals surface area contributed by atoms with E-state index in [4.69, 9.17) is 59.1 Å². The minimum absolute atomic E-state index is 0.0571. The first-order valence-corrected chi connectivity index (χ1v) is 19.8. The van der Waals surface area contributed by atoms with Crippen LogP contribution in [0, 0.1) is 27.7 Å². The Morgan fingerprint density at radius 2 is 1.16 bits per heavy atom. The van der Waals surface area contributed by atoms with Crippen molar-refractivity contribution in [3.8, 4) is 22.5 Å². The Balaban J connectivity index is 0.000000209. The number of carbonyl (C=O) groups excluding carboxylic acids is 2. The second kappa shape index (κ2) is 19.5. The van der Waals surface area contributed by atoms with E-state index in [0.29, 0.717) is 38.9 Å². The van der Waals surface area contributed by atoms with Gasteiger partial charge in [0.25, 0.3) is 0 Å². The SMILES string of the molecule is CC(C)(C)OC(=O)N[C@@H]1CC[C@H](N)C1.Cc1noc(C)c1-c1nc(Cl)ncc1Cl.Cc1noc(C)c1-c1nc(NC2CC[C@@H](NC(=O)OC(C)(C)C)C2)ncc1Cl. The Morgan fingerprint density at radius 1 is 0.702 bits per heavy atom. The lowest BCUT2D eigenvalue weighted by atomic mass is 10.1. The molecule has 2 saturated carbocycles. The molecule has 0 bridgehead atoms. The molecular weight excluding hydrogens is 799 g/mol. The highest BCUT2D eigenvalue weighted by atomic mass is 35.5. The van der Waals surface area contributed by atoms with Crippen LogP contribution in [-0.4, -0.2) is 77.8 Å². The molecule has 0 spiro atoms. The number of halogens is 3. The Morgan fingerprint density at radius 3 is 1.61 bits per heavy atom. The largest absolute Gasteiger partial charge is 0.444 e. The predicted molar refractivity (Wildman–Crippen MR) is 218 cm³/mol. The third-order valence-corrected chi connectivity index (χ3v) is 9.42. The van der Waals surface area contributed by atoms with Crippen LogP contribution in [0.25, 0.3) is 22.5 Å². The first-order chi connectivity index (χ1) is 26.6. The number of hydrogen-bond acceptors (Lipinski definition) is 14. The van der Waals surface area contributed by atoms with Gasteiger partial charge in [0.1, 0.15) is 22.7 Å². The molecule has 16 nitrogen and oxygen atoms in total. The molecule has 0 aromatic carbocycles. The van der Waals surface area contributed by atoms with E-state index in [1.165, 1.54) is 6.20 Å². The topological polar surface area (TPSA) is 218 Å². The highest BCUT2D eigenvalue weighted by molar-refractivity contribution is 6.34. The highest BCUT2D eigenvalue weighted by Gasteiger charge is 2.29. The normalized spacial score (nSPS) is 19.1. The van der Waals surface area contributed by atoms with Gasteiger partial charge in [-0.25, -0.2) is 29.5 Å². The lowest BCUT2D eigenvalue weighted by Gasteiger charge is -2.21. The molecule has 5 N–H and O–H groups in total. The van der Waals surface area contributed by atoms with Crippen LogP contribution in [0.2, 0.25) is 15.3 Å². The molecule has 2 fully saturated rings. The van der Waals surface area contributed by atoms with Gasteiger partial charge in [-0.05, 0) is 119 Å². The first kappa shape index (κ1) is 45.5. The van der Waals surface area contributed by atoms with Crippen molar-refractivity contribution in [2.24, 2.45) is 5.73 Å². The maximum atomic E-state index is 11.9. The summed E-state index contributed by atoms with van der Waals surface area (Å²) < 4.78 is 20.7. The smallest absolute Gasteiger partial charge is 0.407 e. The monoisotopic (exact) mass is 850 g/mol. The number of amides is 2. The molecule has 57 heavy (non-hydrogen) atoms. The second-order valence-electron chi connectivity index (χ2n) is 16.0. The van der Waals surface area contributed by atoms with Crippen LogP contribution in [0.5, 0.6) is 0 Å². The fourth-order valence-corrected chi connectivity index (χ4v) is 6.80. The van der Waals surface area contributed by atoms with Gasteiger partial charge in [0.05, 0.1) is 56.3 Å². The molecule has 1 unspecified atom stereocenters. The van der Waals surface area contributed by atoms with Gasteiger partial charge in [-0.2, -0.15) is 0 Å². The maximum Gasteiger partial charge on any atom is 0.407 e. The van der Waals surface area contributed by atoms with Crippen molar-refractivity contribution in [3.05, 3.63) is 50.6 Å². The van der Waals surface area contributed by atoms with Gasteiger partial charge in [0, 0.05) is 24.2 Å². The molecule has 0 aliphatic heterocycles. The van der Waals surface area contributed by atoms with E-state index in [0.717, 1.165) is 61.0 Å². The standard InChI is InChI=1S/C19H26ClN5O3.C10H20N2O2.C9H7Cl2N3O/c1-10-15(11(2)28-25-10)16-14(20)9-21-17(24-16)22-12-6-7-13(8-12)23-18(26)27-19(3,4)5;1-10(2,3)14-9(13)12-8-5-4-7(11)6-8;1-4-7(5(2)15-14-4)8-6(10)3-12-9(11)13-8/h9,12-13H,6-8H2,1-5H3,(H,23,26)(H,21,22,24);7-8H,4-6,11H2,1-3H3,(H,12,13);3H,1-2H3/t12?,13-;7-,8+;/m10./s1. The molecule has 2 amide bonds. The van der Waals surface area contributed by atoms with Crippen LogP contribution < -0.4 is 21.7 Å². The van der Waals surface area contributed by atoms with Gasteiger partial charge in [-0.3, -0.25) is 0 Å².